The normalized spacial score (nSPS) is 10.7. The monoisotopic (exact) mass is 218 g/mol. The second kappa shape index (κ2) is 4.79. The van der Waals surface area contributed by atoms with E-state index in [2.05, 4.69) is 40.6 Å². The summed E-state index contributed by atoms with van der Waals surface area (Å²) in [5.74, 6) is 1.90. The Kier molecular flexibility index (Phi) is 3.19. The van der Waals surface area contributed by atoms with Crippen LogP contribution in [0, 0.1) is 0 Å². The Balaban J connectivity index is 1.95. The van der Waals surface area contributed by atoms with Crippen molar-refractivity contribution in [3.8, 4) is 5.75 Å². The zero-order chi connectivity index (χ0) is 11.4. The van der Waals surface area contributed by atoms with Gasteiger partial charge in [-0.25, -0.2) is 0 Å². The van der Waals surface area contributed by atoms with E-state index in [1.807, 2.05) is 12.1 Å². The quantitative estimate of drug-likeness (QED) is 0.791. The van der Waals surface area contributed by atoms with Gasteiger partial charge in [-0.05, 0) is 23.6 Å². The Morgan fingerprint density at radius 1 is 1.25 bits per heavy atom. The van der Waals surface area contributed by atoms with Crippen LogP contribution in [-0.2, 0) is 6.61 Å². The van der Waals surface area contributed by atoms with Crippen LogP contribution in [0.5, 0.6) is 5.75 Å². The molecule has 1 aromatic carbocycles. The van der Waals surface area contributed by atoms with Crippen LogP contribution >= 0.6 is 0 Å². The third-order valence-corrected chi connectivity index (χ3v) is 2.32. The number of benzene rings is 1. The SMILES string of the molecule is CC(C)c1ccc(OCc2ncon2)cc1. The predicted molar refractivity (Wildman–Crippen MR) is 59.2 cm³/mol. The fourth-order valence-corrected chi connectivity index (χ4v) is 1.35. The van der Waals surface area contributed by atoms with Gasteiger partial charge < -0.3 is 9.26 Å². The molecule has 2 rings (SSSR count). The molecule has 0 amide bonds. The number of hydrogen-bond donors (Lipinski definition) is 0. The lowest BCUT2D eigenvalue weighted by atomic mass is 10.0. The van der Waals surface area contributed by atoms with Crippen LogP contribution in [0.4, 0.5) is 0 Å². The Hall–Kier alpha value is -1.84. The first-order chi connectivity index (χ1) is 7.75. The smallest absolute Gasteiger partial charge is 0.213 e. The summed E-state index contributed by atoms with van der Waals surface area (Å²) in [6.45, 7) is 4.65. The molecule has 2 aromatic rings. The van der Waals surface area contributed by atoms with Crippen molar-refractivity contribution in [3.05, 3.63) is 42.0 Å². The lowest BCUT2D eigenvalue weighted by Crippen LogP contribution is -1.97. The molecule has 4 heteroatoms. The topological polar surface area (TPSA) is 48.2 Å². The number of ether oxygens (including phenoxy) is 1. The molecule has 0 aliphatic heterocycles. The summed E-state index contributed by atoms with van der Waals surface area (Å²) in [7, 11) is 0. The molecule has 0 aliphatic carbocycles. The molecule has 0 saturated carbocycles. The lowest BCUT2D eigenvalue weighted by molar-refractivity contribution is 0.286. The minimum absolute atomic E-state index is 0.331. The lowest BCUT2D eigenvalue weighted by Gasteiger charge is -2.07. The largest absolute Gasteiger partial charge is 0.485 e. The molecule has 0 N–H and O–H groups in total. The third-order valence-electron chi connectivity index (χ3n) is 2.32. The van der Waals surface area contributed by atoms with Crippen molar-refractivity contribution in [1.29, 1.82) is 0 Å². The highest BCUT2D eigenvalue weighted by Crippen LogP contribution is 2.18. The summed E-state index contributed by atoms with van der Waals surface area (Å²) in [5.41, 5.74) is 1.30. The summed E-state index contributed by atoms with van der Waals surface area (Å²) in [5, 5.41) is 3.67. The molecule has 0 bridgehead atoms. The second-order valence-corrected chi connectivity index (χ2v) is 3.86. The molecule has 0 atom stereocenters. The van der Waals surface area contributed by atoms with Gasteiger partial charge >= 0.3 is 0 Å². The maximum Gasteiger partial charge on any atom is 0.213 e. The summed E-state index contributed by atoms with van der Waals surface area (Å²) < 4.78 is 10.1. The fourth-order valence-electron chi connectivity index (χ4n) is 1.35. The van der Waals surface area contributed by atoms with Crippen LogP contribution in [0.1, 0.15) is 31.2 Å². The first-order valence-electron chi connectivity index (χ1n) is 5.23. The molecule has 4 nitrogen and oxygen atoms in total. The van der Waals surface area contributed by atoms with Crippen LogP contribution in [-0.4, -0.2) is 10.1 Å². The maximum atomic E-state index is 5.50. The first kappa shape index (κ1) is 10.7. The summed E-state index contributed by atoms with van der Waals surface area (Å²) in [6.07, 6.45) is 1.29. The Morgan fingerprint density at radius 2 is 2.00 bits per heavy atom. The Labute approximate surface area is 94.2 Å². The zero-order valence-corrected chi connectivity index (χ0v) is 9.38. The van der Waals surface area contributed by atoms with E-state index >= 15 is 0 Å². The van der Waals surface area contributed by atoms with Crippen molar-refractivity contribution in [2.45, 2.75) is 26.4 Å². The van der Waals surface area contributed by atoms with Crippen molar-refractivity contribution >= 4 is 0 Å². The molecule has 16 heavy (non-hydrogen) atoms. The minimum atomic E-state index is 0.331. The molecule has 1 heterocycles. The van der Waals surface area contributed by atoms with E-state index in [1.54, 1.807) is 0 Å². The van der Waals surface area contributed by atoms with E-state index < -0.39 is 0 Å². The molecule has 0 saturated heterocycles. The Bertz CT molecular complexity index is 421. The standard InChI is InChI=1S/C12H14N2O2/c1-9(2)10-3-5-11(6-4-10)15-7-12-13-8-16-14-12/h3-6,8-9H,7H2,1-2H3. The molecule has 0 radical (unpaired) electrons. The van der Waals surface area contributed by atoms with E-state index in [0.29, 0.717) is 18.3 Å². The van der Waals surface area contributed by atoms with Crippen molar-refractivity contribution in [3.63, 3.8) is 0 Å². The van der Waals surface area contributed by atoms with Crippen LogP contribution in [0.2, 0.25) is 0 Å². The summed E-state index contributed by atoms with van der Waals surface area (Å²) >= 11 is 0. The molecule has 0 spiro atoms. The first-order valence-corrected chi connectivity index (χ1v) is 5.23. The van der Waals surface area contributed by atoms with Crippen LogP contribution in [0.15, 0.2) is 35.2 Å². The molecule has 0 unspecified atom stereocenters. The average Bonchev–Trinajstić information content (AvgIpc) is 2.80. The summed E-state index contributed by atoms with van der Waals surface area (Å²) in [6, 6.07) is 8.04. The van der Waals surface area contributed by atoms with Gasteiger partial charge in [-0.2, -0.15) is 4.98 Å². The van der Waals surface area contributed by atoms with Crippen molar-refractivity contribution in [2.24, 2.45) is 0 Å². The number of aromatic nitrogens is 2. The van der Waals surface area contributed by atoms with E-state index in [0.717, 1.165) is 5.75 Å². The molecule has 1 aromatic heterocycles. The van der Waals surface area contributed by atoms with E-state index in [9.17, 15) is 0 Å². The summed E-state index contributed by atoms with van der Waals surface area (Å²) in [4.78, 5) is 3.87. The van der Waals surface area contributed by atoms with Gasteiger partial charge in [0.05, 0.1) is 0 Å². The third kappa shape index (κ3) is 2.59. The molecular formula is C12H14N2O2. The number of rotatable bonds is 4. The minimum Gasteiger partial charge on any atom is -0.485 e. The molecule has 0 aliphatic rings. The number of hydrogen-bond acceptors (Lipinski definition) is 4. The average molecular weight is 218 g/mol. The van der Waals surface area contributed by atoms with Crippen molar-refractivity contribution in [1.82, 2.24) is 10.1 Å². The molecule has 84 valence electrons. The van der Waals surface area contributed by atoms with E-state index in [-0.39, 0.29) is 0 Å². The zero-order valence-electron chi connectivity index (χ0n) is 9.38. The van der Waals surface area contributed by atoms with Crippen molar-refractivity contribution in [2.75, 3.05) is 0 Å². The van der Waals surface area contributed by atoms with Gasteiger partial charge in [0.25, 0.3) is 0 Å². The maximum absolute atomic E-state index is 5.50. The highest BCUT2D eigenvalue weighted by molar-refractivity contribution is 5.28. The molecule has 0 fully saturated rings. The highest BCUT2D eigenvalue weighted by Gasteiger charge is 2.01. The van der Waals surface area contributed by atoms with Crippen molar-refractivity contribution < 1.29 is 9.26 Å². The van der Waals surface area contributed by atoms with Gasteiger partial charge in [0.2, 0.25) is 12.2 Å². The predicted octanol–water partition coefficient (Wildman–Crippen LogP) is 2.77. The Morgan fingerprint density at radius 3 is 2.56 bits per heavy atom. The second-order valence-electron chi connectivity index (χ2n) is 3.86. The van der Waals surface area contributed by atoms with Gasteiger partial charge in [0, 0.05) is 0 Å². The molecular weight excluding hydrogens is 204 g/mol. The van der Waals surface area contributed by atoms with Crippen LogP contribution in [0.3, 0.4) is 0 Å². The fraction of sp³-hybridized carbons (Fsp3) is 0.333. The van der Waals surface area contributed by atoms with Gasteiger partial charge in [-0.15, -0.1) is 0 Å². The van der Waals surface area contributed by atoms with E-state index in [1.165, 1.54) is 12.0 Å². The van der Waals surface area contributed by atoms with Gasteiger partial charge in [-0.1, -0.05) is 31.1 Å². The van der Waals surface area contributed by atoms with Crippen LogP contribution < -0.4 is 4.74 Å². The van der Waals surface area contributed by atoms with Gasteiger partial charge in [0.1, 0.15) is 5.75 Å². The number of nitrogens with zero attached hydrogens (tertiary/aromatic N) is 2. The van der Waals surface area contributed by atoms with Gasteiger partial charge in [-0.3, -0.25) is 0 Å². The highest BCUT2D eigenvalue weighted by atomic mass is 16.5. The van der Waals surface area contributed by atoms with Gasteiger partial charge in [0.15, 0.2) is 6.61 Å². The van der Waals surface area contributed by atoms with Crippen LogP contribution in [0.25, 0.3) is 0 Å². The van der Waals surface area contributed by atoms with E-state index in [4.69, 9.17) is 4.74 Å².